The number of nitrogens with zero attached hydrogens (tertiary/aromatic N) is 2. The van der Waals surface area contributed by atoms with Gasteiger partial charge in [0.1, 0.15) is 12.4 Å². The minimum Gasteiger partial charge on any atom is -0.481 e. The van der Waals surface area contributed by atoms with Crippen molar-refractivity contribution in [3.63, 3.8) is 0 Å². The van der Waals surface area contributed by atoms with Gasteiger partial charge in [-0.3, -0.25) is 9.36 Å². The van der Waals surface area contributed by atoms with Crippen molar-refractivity contribution in [3.05, 3.63) is 132 Å². The predicted molar refractivity (Wildman–Crippen MR) is 204 cm³/mol. The van der Waals surface area contributed by atoms with E-state index in [2.05, 4.69) is 32.6 Å². The van der Waals surface area contributed by atoms with E-state index in [1.54, 1.807) is 12.1 Å². The Balaban J connectivity index is 1.43. The lowest BCUT2D eigenvalue weighted by Crippen LogP contribution is -2.68. The van der Waals surface area contributed by atoms with E-state index >= 15 is 0 Å². The van der Waals surface area contributed by atoms with Gasteiger partial charge in [-0.1, -0.05) is 125 Å². The highest BCUT2D eigenvalue weighted by molar-refractivity contribution is 7.39. The van der Waals surface area contributed by atoms with Crippen molar-refractivity contribution in [2.75, 3.05) is 12.8 Å². The molecule has 0 spiro atoms. The fraction of sp³-hybridized carbons (Fsp3) is 0.268. The number of rotatable bonds is 13. The first-order chi connectivity index (χ1) is 24.4. The van der Waals surface area contributed by atoms with E-state index in [0.29, 0.717) is 11.3 Å². The maximum atomic E-state index is 13.9. The van der Waals surface area contributed by atoms with E-state index in [0.717, 1.165) is 27.3 Å². The SMILES string of the molecule is CC(C)c1nn(-c2ccccc2)c(-c2ccc(F)cc2)c1C#CCO[PH](=O)C[C@H](CC(=O)O)O[Si](c1ccccc1)(c1ccccc1)C(C)(C)C. The fourth-order valence-electron chi connectivity index (χ4n) is 6.37. The number of carboxylic acid groups (broad SMARTS) is 1. The highest BCUT2D eigenvalue weighted by Crippen LogP contribution is 2.39. The summed E-state index contributed by atoms with van der Waals surface area (Å²) in [5.74, 6) is 4.88. The number of aliphatic carboxylic acids is 1. The van der Waals surface area contributed by atoms with Crippen LogP contribution in [0.2, 0.25) is 5.04 Å². The summed E-state index contributed by atoms with van der Waals surface area (Å²) >= 11 is 0. The third-order valence-electron chi connectivity index (χ3n) is 8.65. The van der Waals surface area contributed by atoms with Gasteiger partial charge < -0.3 is 14.1 Å². The van der Waals surface area contributed by atoms with E-state index in [9.17, 15) is 18.9 Å². The lowest BCUT2D eigenvalue weighted by atomic mass is 10.0. The Kier molecular flexibility index (Phi) is 12.3. The highest BCUT2D eigenvalue weighted by atomic mass is 31.1. The van der Waals surface area contributed by atoms with Crippen molar-refractivity contribution in [1.29, 1.82) is 0 Å². The van der Waals surface area contributed by atoms with Gasteiger partial charge in [0.15, 0.2) is 8.03 Å². The molecule has 0 fully saturated rings. The Morgan fingerprint density at radius 3 is 1.96 bits per heavy atom. The summed E-state index contributed by atoms with van der Waals surface area (Å²) in [4.78, 5) is 12.1. The van der Waals surface area contributed by atoms with Crippen molar-refractivity contribution < 1.29 is 27.8 Å². The molecule has 10 heteroatoms. The summed E-state index contributed by atoms with van der Waals surface area (Å²) in [7, 11) is -5.89. The molecule has 0 radical (unpaired) electrons. The van der Waals surface area contributed by atoms with Crippen LogP contribution in [0, 0.1) is 17.7 Å². The van der Waals surface area contributed by atoms with E-state index in [1.165, 1.54) is 12.1 Å². The molecule has 7 nitrogen and oxygen atoms in total. The standard InChI is InChI=1S/C41H44FN2O5PSi/c1-30(2)39-37(40(31-23-25-32(42)26-24-31)44(43-39)33-16-9-6-10-17-33)22-15-27-48-50(47)29-34(28-38(45)46)49-51(41(3,4)5,35-18-11-7-12-19-35)36-20-13-8-14-21-36/h6-14,16-21,23-26,30,34,50H,27-29H2,1-5H3,(H,45,46)/t34-/m0/s1. The number of hydrogen-bond acceptors (Lipinski definition) is 5. The first kappa shape index (κ1) is 37.7. The Bertz CT molecular complexity index is 1960. The van der Waals surface area contributed by atoms with Crippen molar-refractivity contribution in [3.8, 4) is 28.8 Å². The van der Waals surface area contributed by atoms with Crippen molar-refractivity contribution in [2.45, 2.75) is 58.1 Å². The second-order valence-electron chi connectivity index (χ2n) is 13.7. The van der Waals surface area contributed by atoms with Crippen molar-refractivity contribution in [2.24, 2.45) is 0 Å². The van der Waals surface area contributed by atoms with E-state index in [1.807, 2.05) is 110 Å². The van der Waals surface area contributed by atoms with Crippen LogP contribution in [0.4, 0.5) is 4.39 Å². The molecule has 0 aliphatic carbocycles. The number of hydrogen-bond donors (Lipinski definition) is 1. The van der Waals surface area contributed by atoms with Crippen LogP contribution in [0.1, 0.15) is 58.2 Å². The molecule has 1 heterocycles. The molecular formula is C41H44FN2O5PSi. The Hall–Kier alpha value is -4.58. The van der Waals surface area contributed by atoms with Gasteiger partial charge in [0.05, 0.1) is 35.2 Å². The van der Waals surface area contributed by atoms with Gasteiger partial charge in [-0.25, -0.2) is 9.07 Å². The van der Waals surface area contributed by atoms with Gasteiger partial charge in [0.2, 0.25) is 0 Å². The molecule has 1 unspecified atom stereocenters. The number of aromatic nitrogens is 2. The number of benzene rings is 4. The molecule has 5 aromatic rings. The lowest BCUT2D eigenvalue weighted by Gasteiger charge is -2.45. The van der Waals surface area contributed by atoms with Crippen LogP contribution in [0.5, 0.6) is 0 Å². The molecule has 0 saturated heterocycles. The minimum absolute atomic E-state index is 0.0221. The third kappa shape index (κ3) is 8.84. The normalized spacial score (nSPS) is 13.0. The van der Waals surface area contributed by atoms with Crippen LogP contribution >= 0.6 is 8.03 Å². The topological polar surface area (TPSA) is 90.7 Å². The molecular weight excluding hydrogens is 679 g/mol. The van der Waals surface area contributed by atoms with E-state index in [4.69, 9.17) is 14.0 Å². The predicted octanol–water partition coefficient (Wildman–Crippen LogP) is 8.06. The van der Waals surface area contributed by atoms with Crippen LogP contribution < -0.4 is 10.4 Å². The summed E-state index contributed by atoms with van der Waals surface area (Å²) in [5.41, 5.74) is 3.72. The average Bonchev–Trinajstić information content (AvgIpc) is 3.49. The molecule has 0 aliphatic heterocycles. The molecule has 1 N–H and O–H groups in total. The third-order valence-corrected chi connectivity index (χ3v) is 15.0. The number of carboxylic acids is 1. The Labute approximate surface area is 301 Å². The summed E-state index contributed by atoms with van der Waals surface area (Å²) in [6, 6.07) is 35.7. The molecule has 0 bridgehead atoms. The first-order valence-electron chi connectivity index (χ1n) is 17.0. The summed E-state index contributed by atoms with van der Waals surface area (Å²) in [5, 5.41) is 16.4. The van der Waals surface area contributed by atoms with Gasteiger partial charge in [-0.05, 0) is 57.7 Å². The average molecular weight is 723 g/mol. The second-order valence-corrected chi connectivity index (χ2v) is 19.4. The van der Waals surface area contributed by atoms with Gasteiger partial charge in [0.25, 0.3) is 8.32 Å². The molecule has 0 saturated carbocycles. The second kappa shape index (κ2) is 16.6. The van der Waals surface area contributed by atoms with Crippen LogP contribution in [0.3, 0.4) is 0 Å². The highest BCUT2D eigenvalue weighted by Gasteiger charge is 2.51. The van der Waals surface area contributed by atoms with Gasteiger partial charge in [0, 0.05) is 11.7 Å². The number of halogens is 1. The molecule has 51 heavy (non-hydrogen) atoms. The minimum atomic E-state index is -3.12. The number of para-hydroxylation sites is 1. The zero-order valence-electron chi connectivity index (χ0n) is 29.6. The molecule has 1 aromatic heterocycles. The van der Waals surface area contributed by atoms with Crippen LogP contribution in [0.15, 0.2) is 115 Å². The van der Waals surface area contributed by atoms with E-state index < -0.39 is 33.5 Å². The van der Waals surface area contributed by atoms with Gasteiger partial charge >= 0.3 is 5.97 Å². The zero-order chi connectivity index (χ0) is 36.6. The smallest absolute Gasteiger partial charge is 0.305 e. The fourth-order valence-corrected chi connectivity index (χ4v) is 12.2. The Morgan fingerprint density at radius 2 is 1.45 bits per heavy atom. The summed E-state index contributed by atoms with van der Waals surface area (Å²) in [6.45, 7) is 10.2. The molecule has 0 amide bonds. The molecule has 264 valence electrons. The zero-order valence-corrected chi connectivity index (χ0v) is 31.6. The van der Waals surface area contributed by atoms with Gasteiger partial charge in [-0.2, -0.15) is 5.10 Å². The van der Waals surface area contributed by atoms with Crippen LogP contribution in [-0.4, -0.2) is 48.0 Å². The maximum absolute atomic E-state index is 13.9. The lowest BCUT2D eigenvalue weighted by molar-refractivity contribution is -0.138. The quantitative estimate of drug-likeness (QED) is 0.0752. The number of carbonyl (C=O) groups is 1. The van der Waals surface area contributed by atoms with E-state index in [-0.39, 0.29) is 30.9 Å². The molecule has 2 atom stereocenters. The molecule has 0 aliphatic rings. The summed E-state index contributed by atoms with van der Waals surface area (Å²) in [6.07, 6.45) is -1.27. The van der Waals surface area contributed by atoms with Crippen LogP contribution in [0.25, 0.3) is 16.9 Å². The maximum Gasteiger partial charge on any atom is 0.305 e. The molecule has 4 aromatic carbocycles. The summed E-state index contributed by atoms with van der Waals surface area (Å²) < 4.78 is 42.1. The van der Waals surface area contributed by atoms with Crippen molar-refractivity contribution >= 4 is 32.7 Å². The molecule has 5 rings (SSSR count). The monoisotopic (exact) mass is 722 g/mol. The van der Waals surface area contributed by atoms with Crippen LogP contribution in [-0.2, 0) is 18.3 Å². The van der Waals surface area contributed by atoms with Gasteiger partial charge in [-0.15, -0.1) is 0 Å². The first-order valence-corrected chi connectivity index (χ1v) is 20.4. The van der Waals surface area contributed by atoms with Crippen molar-refractivity contribution in [1.82, 2.24) is 9.78 Å². The largest absolute Gasteiger partial charge is 0.481 e. The Morgan fingerprint density at radius 1 is 0.902 bits per heavy atom.